The molecule has 3 aromatic heterocycles. The molecular formula is C21H29N9S. The highest BCUT2D eigenvalue weighted by molar-refractivity contribution is 7.10. The van der Waals surface area contributed by atoms with E-state index in [1.54, 1.807) is 0 Å². The van der Waals surface area contributed by atoms with Crippen molar-refractivity contribution in [3.8, 4) is 0 Å². The Morgan fingerprint density at radius 2 is 2.19 bits per heavy atom. The van der Waals surface area contributed by atoms with Crippen LogP contribution in [-0.4, -0.2) is 63.1 Å². The Bertz CT molecular complexity index is 1130. The Labute approximate surface area is 186 Å². The predicted molar refractivity (Wildman–Crippen MR) is 127 cm³/mol. The molecule has 1 aliphatic heterocycles. The maximum atomic E-state index is 4.93. The van der Waals surface area contributed by atoms with Gasteiger partial charge in [-0.3, -0.25) is 4.40 Å². The fourth-order valence-corrected chi connectivity index (χ4v) is 4.19. The van der Waals surface area contributed by atoms with E-state index in [0.717, 1.165) is 58.6 Å². The summed E-state index contributed by atoms with van der Waals surface area (Å²) in [4.78, 5) is 9.63. The maximum absolute atomic E-state index is 4.93. The number of hydrogen-bond donors (Lipinski definition) is 3. The average molecular weight is 440 g/mol. The van der Waals surface area contributed by atoms with Crippen LogP contribution in [0.5, 0.6) is 0 Å². The Kier molecular flexibility index (Phi) is 6.33. The third kappa shape index (κ3) is 4.62. The maximum Gasteiger partial charge on any atom is 0.180 e. The first-order chi connectivity index (χ1) is 15.0. The molecule has 4 rings (SSSR count). The van der Waals surface area contributed by atoms with Gasteiger partial charge in [-0.05, 0) is 55.6 Å². The summed E-state index contributed by atoms with van der Waals surface area (Å²) in [7, 11) is 5.86. The topological polar surface area (TPSA) is 85.6 Å². The van der Waals surface area contributed by atoms with E-state index in [9.17, 15) is 0 Å². The minimum atomic E-state index is 0.727. The zero-order chi connectivity index (χ0) is 22.0. The van der Waals surface area contributed by atoms with Gasteiger partial charge in [0.25, 0.3) is 0 Å². The van der Waals surface area contributed by atoms with Gasteiger partial charge in [-0.1, -0.05) is 6.08 Å². The van der Waals surface area contributed by atoms with Crippen LogP contribution in [0.15, 0.2) is 30.7 Å². The first-order valence-electron chi connectivity index (χ1n) is 10.3. The van der Waals surface area contributed by atoms with Crippen molar-refractivity contribution in [3.05, 3.63) is 47.8 Å². The van der Waals surface area contributed by atoms with Crippen molar-refractivity contribution in [1.29, 1.82) is 0 Å². The Hall–Kier alpha value is -2.79. The van der Waals surface area contributed by atoms with Crippen LogP contribution in [0, 0.1) is 6.92 Å². The molecule has 0 spiro atoms. The number of hydrogen-bond acceptors (Lipinski definition) is 9. The standard InChI is InChI=1S/C21H29N9S/c1-14(12-30(22-3)28(4)5)18-11-24-21-20(26-19-9-15(2)27-31-19)25-17(13-29(18)21)16-7-6-8-23-10-16/h7,9,11-13,22-23H,6,8,10H2,1-5H3,(H,25,26)/b14-12+. The van der Waals surface area contributed by atoms with Crippen LogP contribution in [0.1, 0.15) is 30.4 Å². The second-order valence-electron chi connectivity index (χ2n) is 7.69. The van der Waals surface area contributed by atoms with Crippen LogP contribution in [0.25, 0.3) is 16.8 Å². The summed E-state index contributed by atoms with van der Waals surface area (Å²) in [6.45, 7) is 5.88. The van der Waals surface area contributed by atoms with E-state index in [4.69, 9.17) is 9.97 Å². The zero-order valence-electron chi connectivity index (χ0n) is 18.6. The molecule has 1 aliphatic rings. The number of allylic oxidation sites excluding steroid dienone is 1. The van der Waals surface area contributed by atoms with E-state index >= 15 is 0 Å². The van der Waals surface area contributed by atoms with Crippen molar-refractivity contribution in [2.75, 3.05) is 39.5 Å². The van der Waals surface area contributed by atoms with Crippen LogP contribution in [0.2, 0.25) is 0 Å². The zero-order valence-corrected chi connectivity index (χ0v) is 19.4. The molecular weight excluding hydrogens is 410 g/mol. The van der Waals surface area contributed by atoms with Crippen molar-refractivity contribution >= 4 is 39.1 Å². The molecule has 31 heavy (non-hydrogen) atoms. The van der Waals surface area contributed by atoms with Gasteiger partial charge in [0.1, 0.15) is 5.00 Å². The molecule has 0 radical (unpaired) electrons. The lowest BCUT2D eigenvalue weighted by Gasteiger charge is -2.26. The molecule has 164 valence electrons. The number of fused-ring (bicyclic) bond motifs is 1. The molecule has 0 fully saturated rings. The molecule has 3 aromatic rings. The van der Waals surface area contributed by atoms with Crippen LogP contribution in [0.3, 0.4) is 0 Å². The molecule has 0 atom stereocenters. The molecule has 9 nitrogen and oxygen atoms in total. The molecule has 0 aromatic carbocycles. The molecule has 4 heterocycles. The van der Waals surface area contributed by atoms with E-state index < -0.39 is 0 Å². The minimum Gasteiger partial charge on any atom is -0.328 e. The van der Waals surface area contributed by atoms with Crippen LogP contribution in [-0.2, 0) is 0 Å². The lowest BCUT2D eigenvalue weighted by Crippen LogP contribution is -2.41. The summed E-state index contributed by atoms with van der Waals surface area (Å²) < 4.78 is 6.49. The fraction of sp³-hybridized carbons (Fsp3) is 0.381. The van der Waals surface area contributed by atoms with Crippen molar-refractivity contribution in [2.45, 2.75) is 20.3 Å². The molecule has 3 N–H and O–H groups in total. The summed E-state index contributed by atoms with van der Waals surface area (Å²) in [5.41, 5.74) is 9.14. The summed E-state index contributed by atoms with van der Waals surface area (Å²) in [6.07, 6.45) is 9.29. The number of rotatable bonds is 7. The number of nitrogens with zero attached hydrogens (tertiary/aromatic N) is 6. The molecule has 0 unspecified atom stereocenters. The van der Waals surface area contributed by atoms with Crippen LogP contribution >= 0.6 is 11.5 Å². The average Bonchev–Trinajstić information content (AvgIpc) is 3.38. The number of aryl methyl sites for hydroxylation is 1. The lowest BCUT2D eigenvalue weighted by molar-refractivity contribution is 0.0372. The first-order valence-corrected chi connectivity index (χ1v) is 11.0. The molecule has 10 heteroatoms. The molecule has 0 bridgehead atoms. The van der Waals surface area contributed by atoms with Crippen LogP contribution < -0.4 is 16.1 Å². The van der Waals surface area contributed by atoms with Gasteiger partial charge in [0, 0.05) is 40.1 Å². The van der Waals surface area contributed by atoms with Crippen molar-refractivity contribution < 1.29 is 0 Å². The van der Waals surface area contributed by atoms with E-state index in [1.807, 2.05) is 56.7 Å². The summed E-state index contributed by atoms with van der Waals surface area (Å²) in [6, 6.07) is 2.02. The van der Waals surface area contributed by atoms with Crippen molar-refractivity contribution in [1.82, 2.24) is 39.6 Å². The number of hydrazine groups is 2. The van der Waals surface area contributed by atoms with E-state index in [0.29, 0.717) is 0 Å². The normalized spacial score (nSPS) is 14.9. The van der Waals surface area contributed by atoms with Crippen molar-refractivity contribution in [3.63, 3.8) is 0 Å². The van der Waals surface area contributed by atoms with Gasteiger partial charge in [0.05, 0.1) is 23.3 Å². The van der Waals surface area contributed by atoms with Crippen molar-refractivity contribution in [2.24, 2.45) is 0 Å². The largest absolute Gasteiger partial charge is 0.328 e. The lowest BCUT2D eigenvalue weighted by atomic mass is 10.1. The third-order valence-corrected chi connectivity index (χ3v) is 5.89. The molecule has 0 aliphatic carbocycles. The summed E-state index contributed by atoms with van der Waals surface area (Å²) in [5, 5.41) is 11.7. The van der Waals surface area contributed by atoms with E-state index in [1.165, 1.54) is 17.1 Å². The second-order valence-corrected chi connectivity index (χ2v) is 8.50. The van der Waals surface area contributed by atoms with Gasteiger partial charge < -0.3 is 10.6 Å². The highest BCUT2D eigenvalue weighted by Gasteiger charge is 2.17. The van der Waals surface area contributed by atoms with Gasteiger partial charge in [0.15, 0.2) is 11.5 Å². The first kappa shape index (κ1) is 21.4. The Morgan fingerprint density at radius 1 is 1.35 bits per heavy atom. The Balaban J connectivity index is 1.83. The Morgan fingerprint density at radius 3 is 2.84 bits per heavy atom. The number of anilines is 2. The highest BCUT2D eigenvalue weighted by Crippen LogP contribution is 2.28. The van der Waals surface area contributed by atoms with Gasteiger partial charge >= 0.3 is 0 Å². The van der Waals surface area contributed by atoms with Gasteiger partial charge in [0.2, 0.25) is 0 Å². The molecule has 0 saturated carbocycles. The van der Waals surface area contributed by atoms with Gasteiger partial charge in [-0.15, -0.1) is 0 Å². The highest BCUT2D eigenvalue weighted by atomic mass is 32.1. The molecule has 0 amide bonds. The second kappa shape index (κ2) is 9.15. The number of imidazole rings is 1. The number of nitrogens with one attached hydrogen (secondary N) is 3. The van der Waals surface area contributed by atoms with Gasteiger partial charge in [-0.25, -0.2) is 25.5 Å². The fourth-order valence-electron chi connectivity index (χ4n) is 3.53. The van der Waals surface area contributed by atoms with E-state index in [-0.39, 0.29) is 0 Å². The predicted octanol–water partition coefficient (Wildman–Crippen LogP) is 2.89. The van der Waals surface area contributed by atoms with Gasteiger partial charge in [-0.2, -0.15) is 4.37 Å². The number of aromatic nitrogens is 4. The smallest absolute Gasteiger partial charge is 0.180 e. The monoisotopic (exact) mass is 439 g/mol. The summed E-state index contributed by atoms with van der Waals surface area (Å²) >= 11 is 1.43. The van der Waals surface area contributed by atoms with Crippen LogP contribution in [0.4, 0.5) is 10.8 Å². The van der Waals surface area contributed by atoms with E-state index in [2.05, 4.69) is 44.0 Å². The minimum absolute atomic E-state index is 0.727. The third-order valence-electron chi connectivity index (χ3n) is 5.10. The SMILES string of the molecule is CNN(/C=C(\C)c1cnc2c(Nc3cc(C)ns3)nc(C3=CCCNC3)cn12)N(C)C. The summed E-state index contributed by atoms with van der Waals surface area (Å²) in [5.74, 6) is 0.727. The quantitative estimate of drug-likeness (QED) is 0.485. The molecule has 0 saturated heterocycles.